The van der Waals surface area contributed by atoms with Crippen molar-refractivity contribution in [2.24, 2.45) is 5.92 Å². The van der Waals surface area contributed by atoms with Crippen molar-refractivity contribution in [1.82, 2.24) is 15.3 Å². The van der Waals surface area contributed by atoms with Crippen LogP contribution in [0.3, 0.4) is 0 Å². The van der Waals surface area contributed by atoms with Crippen LogP contribution in [0.2, 0.25) is 0 Å². The first-order chi connectivity index (χ1) is 14.8. The van der Waals surface area contributed by atoms with Gasteiger partial charge in [-0.15, -0.1) is 11.3 Å². The van der Waals surface area contributed by atoms with Crippen LogP contribution >= 0.6 is 11.3 Å². The minimum absolute atomic E-state index is 0.195. The predicted octanol–water partition coefficient (Wildman–Crippen LogP) is 5.10. The summed E-state index contributed by atoms with van der Waals surface area (Å²) in [5.41, 5.74) is 2.80. The first kappa shape index (κ1) is 20.3. The molecule has 3 aromatic rings. The zero-order chi connectivity index (χ0) is 20.6. The number of rotatable bonds is 7. The number of alkyl carbamates (subject to hydrolysis) is 1. The molecule has 0 unspecified atom stereocenters. The van der Waals surface area contributed by atoms with Gasteiger partial charge in [-0.05, 0) is 49.3 Å². The molecule has 1 aliphatic carbocycles. The van der Waals surface area contributed by atoms with Gasteiger partial charge in [0.15, 0.2) is 5.13 Å². The van der Waals surface area contributed by atoms with Crippen LogP contribution in [-0.2, 0) is 11.3 Å². The summed E-state index contributed by atoms with van der Waals surface area (Å²) in [4.78, 5) is 21.0. The molecule has 6 nitrogen and oxygen atoms in total. The van der Waals surface area contributed by atoms with Crippen molar-refractivity contribution in [3.63, 3.8) is 0 Å². The van der Waals surface area contributed by atoms with Gasteiger partial charge in [0.25, 0.3) is 0 Å². The minimum Gasteiger partial charge on any atom is -0.445 e. The molecule has 7 heteroatoms. The summed E-state index contributed by atoms with van der Waals surface area (Å²) >= 11 is 1.61. The van der Waals surface area contributed by atoms with Crippen molar-refractivity contribution in [3.05, 3.63) is 65.7 Å². The van der Waals surface area contributed by atoms with Crippen LogP contribution in [0.25, 0.3) is 11.4 Å². The van der Waals surface area contributed by atoms with E-state index in [0.29, 0.717) is 12.5 Å². The number of hydrogen-bond acceptors (Lipinski definition) is 6. The van der Waals surface area contributed by atoms with Crippen molar-refractivity contribution < 1.29 is 9.53 Å². The number of nitrogens with one attached hydrogen (secondary N) is 2. The molecule has 1 aromatic carbocycles. The third-order valence-corrected chi connectivity index (χ3v) is 6.15. The molecule has 1 amide bonds. The van der Waals surface area contributed by atoms with E-state index in [0.717, 1.165) is 54.3 Å². The number of aromatic nitrogens is 2. The SMILES string of the molecule is O=C(NC1CCC(CNc2nc(-c3ccccn3)cs2)CC1)OCc1ccccc1. The third kappa shape index (κ3) is 5.79. The first-order valence-corrected chi connectivity index (χ1v) is 11.2. The number of thiazole rings is 1. The zero-order valence-electron chi connectivity index (χ0n) is 16.8. The molecule has 2 aromatic heterocycles. The molecule has 0 bridgehead atoms. The fraction of sp³-hybridized carbons (Fsp3) is 0.348. The Kier molecular flexibility index (Phi) is 6.92. The Hall–Kier alpha value is -2.93. The Morgan fingerprint density at radius 2 is 1.83 bits per heavy atom. The summed E-state index contributed by atoms with van der Waals surface area (Å²) in [7, 11) is 0. The highest BCUT2D eigenvalue weighted by Crippen LogP contribution is 2.27. The van der Waals surface area contributed by atoms with Gasteiger partial charge in [-0.1, -0.05) is 36.4 Å². The third-order valence-electron chi connectivity index (χ3n) is 5.35. The second kappa shape index (κ2) is 10.2. The second-order valence-corrected chi connectivity index (χ2v) is 8.42. The number of pyridine rings is 1. The fourth-order valence-corrected chi connectivity index (χ4v) is 4.38. The van der Waals surface area contributed by atoms with Gasteiger partial charge in [0, 0.05) is 24.2 Å². The average molecular weight is 423 g/mol. The Balaban J connectivity index is 1.15. The van der Waals surface area contributed by atoms with Gasteiger partial charge in [-0.3, -0.25) is 4.98 Å². The minimum atomic E-state index is -0.328. The van der Waals surface area contributed by atoms with Crippen molar-refractivity contribution >= 4 is 22.6 Å². The van der Waals surface area contributed by atoms with Crippen molar-refractivity contribution in [1.29, 1.82) is 0 Å². The number of ether oxygens (including phenoxy) is 1. The molecule has 156 valence electrons. The van der Waals surface area contributed by atoms with Crippen molar-refractivity contribution in [2.45, 2.75) is 38.3 Å². The lowest BCUT2D eigenvalue weighted by Gasteiger charge is -2.28. The molecule has 2 heterocycles. The topological polar surface area (TPSA) is 76.1 Å². The lowest BCUT2D eigenvalue weighted by atomic mass is 9.86. The summed E-state index contributed by atoms with van der Waals surface area (Å²) in [6.45, 7) is 1.21. The van der Waals surface area contributed by atoms with Crippen LogP contribution in [0, 0.1) is 5.92 Å². The zero-order valence-corrected chi connectivity index (χ0v) is 17.6. The molecule has 30 heavy (non-hydrogen) atoms. The Morgan fingerprint density at radius 3 is 2.60 bits per heavy atom. The summed E-state index contributed by atoms with van der Waals surface area (Å²) in [6.07, 6.45) is 5.56. The summed E-state index contributed by atoms with van der Waals surface area (Å²) < 4.78 is 5.33. The maximum absolute atomic E-state index is 12.0. The molecule has 1 fully saturated rings. The van der Waals surface area contributed by atoms with E-state index in [4.69, 9.17) is 4.74 Å². The van der Waals surface area contributed by atoms with Gasteiger partial charge in [-0.25, -0.2) is 9.78 Å². The molecule has 0 atom stereocenters. The van der Waals surface area contributed by atoms with Gasteiger partial charge in [-0.2, -0.15) is 0 Å². The number of hydrogen-bond donors (Lipinski definition) is 2. The Labute approximate surface area is 180 Å². The monoisotopic (exact) mass is 422 g/mol. The van der Waals surface area contributed by atoms with E-state index in [-0.39, 0.29) is 12.1 Å². The van der Waals surface area contributed by atoms with E-state index in [1.54, 1.807) is 17.5 Å². The molecule has 0 saturated heterocycles. The highest BCUT2D eigenvalue weighted by atomic mass is 32.1. The van der Waals surface area contributed by atoms with Gasteiger partial charge < -0.3 is 15.4 Å². The van der Waals surface area contributed by atoms with Crippen molar-refractivity contribution in [2.75, 3.05) is 11.9 Å². The van der Waals surface area contributed by atoms with E-state index >= 15 is 0 Å². The van der Waals surface area contributed by atoms with E-state index in [1.807, 2.05) is 53.9 Å². The molecule has 0 aliphatic heterocycles. The first-order valence-electron chi connectivity index (χ1n) is 10.3. The summed E-state index contributed by atoms with van der Waals surface area (Å²) in [5, 5.41) is 9.44. The van der Waals surface area contributed by atoms with Crippen molar-refractivity contribution in [3.8, 4) is 11.4 Å². The molecule has 1 aliphatic rings. The van der Waals surface area contributed by atoms with E-state index < -0.39 is 0 Å². The quantitative estimate of drug-likeness (QED) is 0.554. The summed E-state index contributed by atoms with van der Waals surface area (Å²) in [5.74, 6) is 0.589. The Bertz CT molecular complexity index is 925. The Morgan fingerprint density at radius 1 is 1.03 bits per heavy atom. The van der Waals surface area contributed by atoms with E-state index in [2.05, 4.69) is 20.6 Å². The van der Waals surface area contributed by atoms with E-state index in [1.165, 1.54) is 0 Å². The second-order valence-electron chi connectivity index (χ2n) is 7.56. The van der Waals surface area contributed by atoms with Gasteiger partial charge >= 0.3 is 6.09 Å². The van der Waals surface area contributed by atoms with Crippen LogP contribution in [0.5, 0.6) is 0 Å². The number of benzene rings is 1. The molecule has 0 radical (unpaired) electrons. The maximum Gasteiger partial charge on any atom is 0.407 e. The molecule has 2 N–H and O–H groups in total. The summed E-state index contributed by atoms with van der Waals surface area (Å²) in [6, 6.07) is 15.8. The number of carbonyl (C=O) groups is 1. The number of amides is 1. The molecular formula is C23H26N4O2S. The highest BCUT2D eigenvalue weighted by molar-refractivity contribution is 7.14. The molecule has 0 spiro atoms. The van der Waals surface area contributed by atoms with Gasteiger partial charge in [0.1, 0.15) is 12.3 Å². The van der Waals surface area contributed by atoms with Crippen LogP contribution in [0.1, 0.15) is 31.2 Å². The van der Waals surface area contributed by atoms with Crippen LogP contribution in [0.4, 0.5) is 9.93 Å². The van der Waals surface area contributed by atoms with Crippen LogP contribution < -0.4 is 10.6 Å². The fourth-order valence-electron chi connectivity index (χ4n) is 3.66. The average Bonchev–Trinajstić information content (AvgIpc) is 3.28. The largest absolute Gasteiger partial charge is 0.445 e. The maximum atomic E-state index is 12.0. The van der Waals surface area contributed by atoms with Gasteiger partial charge in [0.05, 0.1) is 5.69 Å². The standard InChI is InChI=1S/C23H26N4O2S/c28-23(29-15-18-6-2-1-3-7-18)26-19-11-9-17(10-12-19)14-25-22-27-21(16-30-22)20-8-4-5-13-24-20/h1-8,13,16-17,19H,9-12,14-15H2,(H,25,27)(H,26,28). The van der Waals surface area contributed by atoms with Crippen LogP contribution in [0.15, 0.2) is 60.1 Å². The van der Waals surface area contributed by atoms with Crippen LogP contribution in [-0.4, -0.2) is 28.6 Å². The predicted molar refractivity (Wildman–Crippen MR) is 119 cm³/mol. The lowest BCUT2D eigenvalue weighted by Crippen LogP contribution is -2.38. The van der Waals surface area contributed by atoms with Gasteiger partial charge in [0.2, 0.25) is 0 Å². The molecular weight excluding hydrogens is 396 g/mol. The number of carbonyl (C=O) groups excluding carboxylic acids is 1. The number of anilines is 1. The normalized spacial score (nSPS) is 18.5. The molecule has 4 rings (SSSR count). The smallest absolute Gasteiger partial charge is 0.407 e. The number of nitrogens with zero attached hydrogens (tertiary/aromatic N) is 2. The molecule has 1 saturated carbocycles. The van der Waals surface area contributed by atoms with E-state index in [9.17, 15) is 4.79 Å². The highest BCUT2D eigenvalue weighted by Gasteiger charge is 2.23. The lowest BCUT2D eigenvalue weighted by molar-refractivity contribution is 0.131.